The van der Waals surface area contributed by atoms with Gasteiger partial charge in [-0.25, -0.2) is 8.42 Å². The second kappa shape index (κ2) is 3.96. The Bertz CT molecular complexity index is 364. The SMILES string of the molecule is CC1(C)CCN(C2CCS(=O)(=O)C2)CC1N. The summed E-state index contributed by atoms with van der Waals surface area (Å²) in [4.78, 5) is 2.28. The number of nitrogens with two attached hydrogens (primary N) is 1. The standard InChI is InChI=1S/C11H22N2O2S/c1-11(2)4-5-13(7-10(11)12)9-3-6-16(14,15)8-9/h9-10H,3-8,12H2,1-2H3. The fourth-order valence-corrected chi connectivity index (χ4v) is 4.36. The van der Waals surface area contributed by atoms with E-state index >= 15 is 0 Å². The first-order valence-corrected chi connectivity index (χ1v) is 7.82. The van der Waals surface area contributed by atoms with Crippen LogP contribution in [0.2, 0.25) is 0 Å². The predicted molar refractivity (Wildman–Crippen MR) is 65.0 cm³/mol. The van der Waals surface area contributed by atoms with Crippen LogP contribution in [-0.4, -0.2) is 50.0 Å². The zero-order chi connectivity index (χ0) is 12.0. The molecule has 2 N–H and O–H groups in total. The molecule has 94 valence electrons. The molecule has 2 atom stereocenters. The molecule has 0 saturated carbocycles. The summed E-state index contributed by atoms with van der Waals surface area (Å²) in [5.74, 6) is 0.687. The lowest BCUT2D eigenvalue weighted by molar-refractivity contribution is 0.0804. The fourth-order valence-electron chi connectivity index (χ4n) is 2.60. The molecule has 2 rings (SSSR count). The van der Waals surface area contributed by atoms with Crippen molar-refractivity contribution in [2.45, 2.75) is 38.8 Å². The first kappa shape index (κ1) is 12.3. The maximum absolute atomic E-state index is 11.4. The lowest BCUT2D eigenvalue weighted by atomic mass is 9.78. The summed E-state index contributed by atoms with van der Waals surface area (Å²) in [6.45, 7) is 6.22. The number of nitrogens with zero attached hydrogens (tertiary/aromatic N) is 1. The number of hydrogen-bond acceptors (Lipinski definition) is 4. The molecular weight excluding hydrogens is 224 g/mol. The van der Waals surface area contributed by atoms with Crippen molar-refractivity contribution in [3.8, 4) is 0 Å². The first-order valence-electron chi connectivity index (χ1n) is 6.00. The molecule has 0 amide bonds. The molecule has 0 aliphatic carbocycles. The molecule has 2 aliphatic rings. The minimum Gasteiger partial charge on any atom is -0.326 e. The average Bonchev–Trinajstić information content (AvgIpc) is 2.51. The molecule has 2 unspecified atom stereocenters. The molecule has 4 nitrogen and oxygen atoms in total. The van der Waals surface area contributed by atoms with E-state index in [9.17, 15) is 8.42 Å². The van der Waals surface area contributed by atoms with E-state index in [0.717, 1.165) is 25.9 Å². The molecule has 2 aliphatic heterocycles. The van der Waals surface area contributed by atoms with Crippen LogP contribution in [0.15, 0.2) is 0 Å². The summed E-state index contributed by atoms with van der Waals surface area (Å²) < 4.78 is 22.9. The molecule has 0 bridgehead atoms. The highest BCUT2D eigenvalue weighted by molar-refractivity contribution is 7.91. The van der Waals surface area contributed by atoms with Gasteiger partial charge in [0, 0.05) is 18.6 Å². The van der Waals surface area contributed by atoms with E-state index in [1.807, 2.05) is 0 Å². The molecule has 2 heterocycles. The van der Waals surface area contributed by atoms with Crippen molar-refractivity contribution in [2.24, 2.45) is 11.1 Å². The number of hydrogen-bond donors (Lipinski definition) is 1. The molecule has 16 heavy (non-hydrogen) atoms. The third-order valence-corrected chi connectivity index (χ3v) is 5.95. The minimum atomic E-state index is -2.77. The molecule has 2 fully saturated rings. The van der Waals surface area contributed by atoms with E-state index in [4.69, 9.17) is 5.73 Å². The van der Waals surface area contributed by atoms with Crippen LogP contribution < -0.4 is 5.73 Å². The van der Waals surface area contributed by atoms with Gasteiger partial charge in [-0.1, -0.05) is 13.8 Å². The van der Waals surface area contributed by atoms with Crippen LogP contribution in [0.25, 0.3) is 0 Å². The Balaban J connectivity index is 1.99. The summed E-state index contributed by atoms with van der Waals surface area (Å²) in [7, 11) is -2.77. The average molecular weight is 246 g/mol. The summed E-state index contributed by atoms with van der Waals surface area (Å²) in [6.07, 6.45) is 1.85. The maximum Gasteiger partial charge on any atom is 0.151 e. The van der Waals surface area contributed by atoms with E-state index in [-0.39, 0.29) is 17.5 Å². The minimum absolute atomic E-state index is 0.157. The van der Waals surface area contributed by atoms with Crippen molar-refractivity contribution < 1.29 is 8.42 Å². The van der Waals surface area contributed by atoms with Crippen molar-refractivity contribution in [1.82, 2.24) is 4.90 Å². The van der Waals surface area contributed by atoms with Gasteiger partial charge in [0.15, 0.2) is 9.84 Å². The Morgan fingerprint density at radius 3 is 2.56 bits per heavy atom. The molecule has 0 spiro atoms. The summed E-state index contributed by atoms with van der Waals surface area (Å²) in [5.41, 5.74) is 6.34. The molecule has 2 saturated heterocycles. The summed E-state index contributed by atoms with van der Waals surface area (Å²) >= 11 is 0. The molecular formula is C11H22N2O2S. The van der Waals surface area contributed by atoms with Crippen LogP contribution in [0.1, 0.15) is 26.7 Å². The highest BCUT2D eigenvalue weighted by atomic mass is 32.2. The smallest absolute Gasteiger partial charge is 0.151 e. The summed E-state index contributed by atoms with van der Waals surface area (Å²) in [6, 6.07) is 0.372. The highest BCUT2D eigenvalue weighted by Crippen LogP contribution is 2.31. The zero-order valence-corrected chi connectivity index (χ0v) is 11.0. The van der Waals surface area contributed by atoms with Gasteiger partial charge in [-0.2, -0.15) is 0 Å². The summed E-state index contributed by atoms with van der Waals surface area (Å²) in [5, 5.41) is 0. The van der Waals surface area contributed by atoms with Gasteiger partial charge in [-0.3, -0.25) is 4.90 Å². The van der Waals surface area contributed by atoms with E-state index in [0.29, 0.717) is 11.5 Å². The third kappa shape index (κ3) is 2.41. The predicted octanol–water partition coefficient (Wildman–Crippen LogP) is 0.233. The van der Waals surface area contributed by atoms with Gasteiger partial charge in [-0.05, 0) is 24.8 Å². The van der Waals surface area contributed by atoms with Crippen molar-refractivity contribution in [1.29, 1.82) is 0 Å². The second-order valence-corrected chi connectivity index (χ2v) is 8.13. The molecule has 0 aromatic carbocycles. The largest absolute Gasteiger partial charge is 0.326 e. The van der Waals surface area contributed by atoms with Crippen LogP contribution in [0.3, 0.4) is 0 Å². The quantitative estimate of drug-likeness (QED) is 0.719. The Labute approximate surface area is 98.1 Å². The van der Waals surface area contributed by atoms with Gasteiger partial charge in [0.05, 0.1) is 11.5 Å². The fraction of sp³-hybridized carbons (Fsp3) is 1.00. The zero-order valence-electron chi connectivity index (χ0n) is 10.1. The van der Waals surface area contributed by atoms with E-state index in [1.165, 1.54) is 0 Å². The van der Waals surface area contributed by atoms with Gasteiger partial charge in [0.2, 0.25) is 0 Å². The topological polar surface area (TPSA) is 63.4 Å². The van der Waals surface area contributed by atoms with Crippen molar-refractivity contribution >= 4 is 9.84 Å². The van der Waals surface area contributed by atoms with Crippen molar-refractivity contribution in [2.75, 3.05) is 24.6 Å². The molecule has 0 aromatic heterocycles. The van der Waals surface area contributed by atoms with Gasteiger partial charge >= 0.3 is 0 Å². The van der Waals surface area contributed by atoms with E-state index < -0.39 is 9.84 Å². The normalized spacial score (nSPS) is 38.7. The monoisotopic (exact) mass is 246 g/mol. The van der Waals surface area contributed by atoms with Crippen LogP contribution >= 0.6 is 0 Å². The van der Waals surface area contributed by atoms with E-state index in [2.05, 4.69) is 18.7 Å². The van der Waals surface area contributed by atoms with Crippen molar-refractivity contribution in [3.05, 3.63) is 0 Å². The third-order valence-electron chi connectivity index (χ3n) is 4.20. The van der Waals surface area contributed by atoms with Crippen LogP contribution in [0.5, 0.6) is 0 Å². The second-order valence-electron chi connectivity index (χ2n) is 5.90. The Morgan fingerprint density at radius 1 is 1.38 bits per heavy atom. The lowest BCUT2D eigenvalue weighted by Crippen LogP contribution is -2.55. The maximum atomic E-state index is 11.4. The molecule has 5 heteroatoms. The number of sulfone groups is 1. The molecule has 0 radical (unpaired) electrons. The van der Waals surface area contributed by atoms with Crippen LogP contribution in [-0.2, 0) is 9.84 Å². The van der Waals surface area contributed by atoms with Gasteiger partial charge < -0.3 is 5.73 Å². The van der Waals surface area contributed by atoms with E-state index in [1.54, 1.807) is 0 Å². The van der Waals surface area contributed by atoms with Gasteiger partial charge in [-0.15, -0.1) is 0 Å². The Kier molecular flexibility index (Phi) is 3.05. The van der Waals surface area contributed by atoms with Crippen molar-refractivity contribution in [3.63, 3.8) is 0 Å². The number of piperidine rings is 1. The molecule has 0 aromatic rings. The number of rotatable bonds is 1. The highest BCUT2D eigenvalue weighted by Gasteiger charge is 2.39. The van der Waals surface area contributed by atoms with Crippen LogP contribution in [0.4, 0.5) is 0 Å². The Morgan fingerprint density at radius 2 is 2.06 bits per heavy atom. The lowest BCUT2D eigenvalue weighted by Gasteiger charge is -2.44. The first-order chi connectivity index (χ1) is 7.30. The number of likely N-dealkylation sites (tertiary alicyclic amines) is 1. The Hall–Kier alpha value is -0.130. The van der Waals surface area contributed by atoms with Gasteiger partial charge in [0.25, 0.3) is 0 Å². The van der Waals surface area contributed by atoms with Gasteiger partial charge in [0.1, 0.15) is 0 Å². The van der Waals surface area contributed by atoms with Crippen LogP contribution in [0, 0.1) is 5.41 Å².